The van der Waals surface area contributed by atoms with Crippen LogP contribution >= 0.6 is 15.9 Å². The molecule has 1 aromatic rings. The van der Waals surface area contributed by atoms with Crippen molar-refractivity contribution in [1.82, 2.24) is 0 Å². The number of hydrogen-bond acceptors (Lipinski definition) is 1. The van der Waals surface area contributed by atoms with E-state index in [9.17, 15) is 0 Å². The Labute approximate surface area is 113 Å². The topological polar surface area (TPSA) is 9.23 Å². The van der Waals surface area contributed by atoms with Crippen LogP contribution in [-0.4, -0.2) is 12.7 Å². The normalized spacial score (nSPS) is 21.5. The Bertz CT molecular complexity index is 367. The maximum absolute atomic E-state index is 5.96. The lowest BCUT2D eigenvalue weighted by molar-refractivity contribution is -0.0256. The van der Waals surface area contributed by atoms with E-state index in [-0.39, 0.29) is 5.41 Å². The zero-order valence-electron chi connectivity index (χ0n) is 10.7. The Morgan fingerprint density at radius 3 is 2.82 bits per heavy atom. The highest BCUT2D eigenvalue weighted by atomic mass is 79.9. The molecule has 2 rings (SSSR count). The van der Waals surface area contributed by atoms with Crippen LogP contribution in [0, 0.1) is 0 Å². The molecule has 0 radical (unpaired) electrons. The second-order valence-corrected chi connectivity index (χ2v) is 5.97. The first-order valence-corrected chi connectivity index (χ1v) is 7.53. The van der Waals surface area contributed by atoms with Crippen molar-refractivity contribution >= 4 is 15.9 Å². The third-order valence-electron chi connectivity index (χ3n) is 3.81. The minimum Gasteiger partial charge on any atom is -0.377 e. The monoisotopic (exact) mass is 296 g/mol. The first-order chi connectivity index (χ1) is 8.14. The van der Waals surface area contributed by atoms with E-state index >= 15 is 0 Å². The molecule has 1 unspecified atom stereocenters. The van der Waals surface area contributed by atoms with E-state index in [2.05, 4.69) is 54.0 Å². The van der Waals surface area contributed by atoms with E-state index in [0.29, 0.717) is 6.10 Å². The van der Waals surface area contributed by atoms with Gasteiger partial charge in [-0.05, 0) is 30.4 Å². The molecule has 0 amide bonds. The number of ether oxygens (including phenoxy) is 1. The summed E-state index contributed by atoms with van der Waals surface area (Å²) in [6.07, 6.45) is 4.06. The smallest absolute Gasteiger partial charge is 0.0666 e. The summed E-state index contributed by atoms with van der Waals surface area (Å²) in [5, 5.41) is 0.919. The van der Waals surface area contributed by atoms with Gasteiger partial charge in [0.2, 0.25) is 0 Å². The molecule has 1 aromatic carbocycles. The molecule has 2 heteroatoms. The van der Waals surface area contributed by atoms with Crippen LogP contribution in [0.1, 0.15) is 44.2 Å². The molecule has 1 nitrogen and oxygen atoms in total. The molecule has 94 valence electrons. The summed E-state index contributed by atoms with van der Waals surface area (Å²) in [7, 11) is 0. The van der Waals surface area contributed by atoms with E-state index in [4.69, 9.17) is 4.74 Å². The Morgan fingerprint density at radius 2 is 2.18 bits per heavy atom. The van der Waals surface area contributed by atoms with Crippen LogP contribution in [-0.2, 0) is 15.5 Å². The Balaban J connectivity index is 2.22. The van der Waals surface area contributed by atoms with E-state index in [1.807, 2.05) is 0 Å². The molecular weight excluding hydrogens is 276 g/mol. The van der Waals surface area contributed by atoms with Crippen LogP contribution in [0.15, 0.2) is 24.3 Å². The van der Waals surface area contributed by atoms with Crippen LogP contribution in [0.25, 0.3) is 0 Å². The Kier molecular flexibility index (Phi) is 4.26. The van der Waals surface area contributed by atoms with Crippen molar-refractivity contribution in [3.63, 3.8) is 0 Å². The van der Waals surface area contributed by atoms with Crippen molar-refractivity contribution < 1.29 is 4.74 Å². The Hall–Kier alpha value is -0.340. The van der Waals surface area contributed by atoms with Crippen LogP contribution in [0.5, 0.6) is 0 Å². The summed E-state index contributed by atoms with van der Waals surface area (Å²) in [6, 6.07) is 8.84. The molecule has 1 fully saturated rings. The summed E-state index contributed by atoms with van der Waals surface area (Å²) in [5.74, 6) is 0. The molecule has 0 aliphatic carbocycles. The van der Waals surface area contributed by atoms with E-state index in [1.165, 1.54) is 30.4 Å². The zero-order valence-corrected chi connectivity index (χ0v) is 12.3. The molecule has 0 bridgehead atoms. The summed E-state index contributed by atoms with van der Waals surface area (Å²) < 4.78 is 5.96. The summed E-state index contributed by atoms with van der Waals surface area (Å²) >= 11 is 3.52. The molecule has 1 atom stereocenters. The van der Waals surface area contributed by atoms with Gasteiger partial charge in [-0.2, -0.15) is 0 Å². The quantitative estimate of drug-likeness (QED) is 0.750. The highest BCUT2D eigenvalue weighted by molar-refractivity contribution is 9.08. The van der Waals surface area contributed by atoms with Crippen molar-refractivity contribution in [2.45, 2.75) is 50.0 Å². The molecule has 1 aliphatic heterocycles. The fourth-order valence-electron chi connectivity index (χ4n) is 2.55. The molecule has 0 saturated carbocycles. The van der Waals surface area contributed by atoms with Crippen LogP contribution in [0.2, 0.25) is 0 Å². The van der Waals surface area contributed by atoms with Crippen LogP contribution in [0.4, 0.5) is 0 Å². The van der Waals surface area contributed by atoms with Gasteiger partial charge in [-0.3, -0.25) is 0 Å². The first-order valence-electron chi connectivity index (χ1n) is 6.41. The average molecular weight is 297 g/mol. The maximum Gasteiger partial charge on any atom is 0.0666 e. The van der Waals surface area contributed by atoms with Crippen molar-refractivity contribution in [3.05, 3.63) is 35.4 Å². The zero-order chi connectivity index (χ0) is 12.3. The van der Waals surface area contributed by atoms with Gasteiger partial charge in [-0.15, -0.1) is 0 Å². The van der Waals surface area contributed by atoms with Crippen molar-refractivity contribution in [3.8, 4) is 0 Å². The largest absolute Gasteiger partial charge is 0.377 e. The summed E-state index contributed by atoms with van der Waals surface area (Å²) in [6.45, 7) is 5.53. The highest BCUT2D eigenvalue weighted by Crippen LogP contribution is 2.34. The lowest BCUT2D eigenvalue weighted by Gasteiger charge is -2.37. The molecule has 0 N–H and O–H groups in total. The van der Waals surface area contributed by atoms with Crippen LogP contribution < -0.4 is 0 Å². The number of halogens is 1. The summed E-state index contributed by atoms with van der Waals surface area (Å²) in [5.41, 5.74) is 2.84. The number of alkyl halides is 1. The standard InChI is InChI=1S/C15H21BrO/c1-15(2,14-8-3-4-9-17-14)13-7-5-6-12(10-13)11-16/h5-7,10,14H,3-4,8-9,11H2,1-2H3. The fourth-order valence-corrected chi connectivity index (χ4v) is 2.90. The highest BCUT2D eigenvalue weighted by Gasteiger charge is 2.33. The summed E-state index contributed by atoms with van der Waals surface area (Å²) in [4.78, 5) is 0. The van der Waals surface area contributed by atoms with Gasteiger partial charge < -0.3 is 4.74 Å². The molecule has 1 saturated heterocycles. The van der Waals surface area contributed by atoms with Gasteiger partial charge in [0.05, 0.1) is 6.10 Å². The van der Waals surface area contributed by atoms with Gasteiger partial charge in [0.1, 0.15) is 0 Å². The second kappa shape index (κ2) is 5.53. The number of hydrogen-bond donors (Lipinski definition) is 0. The van der Waals surface area contributed by atoms with Crippen LogP contribution in [0.3, 0.4) is 0 Å². The van der Waals surface area contributed by atoms with Crippen molar-refractivity contribution in [2.24, 2.45) is 0 Å². The molecule has 17 heavy (non-hydrogen) atoms. The molecule has 0 spiro atoms. The average Bonchev–Trinajstić information content (AvgIpc) is 2.40. The predicted octanol–water partition coefficient (Wildman–Crippen LogP) is 4.43. The molecular formula is C15H21BrO. The van der Waals surface area contributed by atoms with Gasteiger partial charge in [-0.25, -0.2) is 0 Å². The van der Waals surface area contributed by atoms with E-state index in [0.717, 1.165) is 11.9 Å². The van der Waals surface area contributed by atoms with Crippen molar-refractivity contribution in [1.29, 1.82) is 0 Å². The fraction of sp³-hybridized carbons (Fsp3) is 0.600. The van der Waals surface area contributed by atoms with Gasteiger partial charge in [0.25, 0.3) is 0 Å². The maximum atomic E-state index is 5.96. The lowest BCUT2D eigenvalue weighted by atomic mass is 9.76. The van der Waals surface area contributed by atoms with Gasteiger partial charge >= 0.3 is 0 Å². The van der Waals surface area contributed by atoms with Gasteiger partial charge in [0.15, 0.2) is 0 Å². The van der Waals surface area contributed by atoms with E-state index < -0.39 is 0 Å². The SMILES string of the molecule is CC(C)(c1cccc(CBr)c1)C1CCCCO1. The second-order valence-electron chi connectivity index (χ2n) is 5.41. The molecule has 0 aromatic heterocycles. The molecule has 1 aliphatic rings. The van der Waals surface area contributed by atoms with Gasteiger partial charge in [-0.1, -0.05) is 54.0 Å². The third kappa shape index (κ3) is 2.92. The minimum atomic E-state index is 0.110. The van der Waals surface area contributed by atoms with E-state index in [1.54, 1.807) is 0 Å². The number of rotatable bonds is 3. The van der Waals surface area contributed by atoms with Gasteiger partial charge in [0, 0.05) is 17.4 Å². The number of benzene rings is 1. The molecule has 1 heterocycles. The lowest BCUT2D eigenvalue weighted by Crippen LogP contribution is -2.38. The first kappa shape index (κ1) is 13.1. The predicted molar refractivity (Wildman–Crippen MR) is 75.7 cm³/mol. The minimum absolute atomic E-state index is 0.110. The van der Waals surface area contributed by atoms with Crippen molar-refractivity contribution in [2.75, 3.05) is 6.61 Å². The third-order valence-corrected chi connectivity index (χ3v) is 4.46. The Morgan fingerprint density at radius 1 is 1.35 bits per heavy atom.